The van der Waals surface area contributed by atoms with E-state index in [1.807, 2.05) is 30.3 Å². The van der Waals surface area contributed by atoms with Gasteiger partial charge in [0.05, 0.1) is 19.6 Å². The molecule has 0 atom stereocenters. The van der Waals surface area contributed by atoms with Crippen LogP contribution in [-0.2, 0) is 10.2 Å². The zero-order valence-corrected chi connectivity index (χ0v) is 19.2. The van der Waals surface area contributed by atoms with Crippen molar-refractivity contribution in [3.63, 3.8) is 0 Å². The fourth-order valence-corrected chi connectivity index (χ4v) is 3.99. The van der Waals surface area contributed by atoms with Crippen LogP contribution in [0.15, 0.2) is 30.3 Å². The molecule has 0 spiro atoms. The minimum atomic E-state index is -1.18. The fraction of sp³-hybridized carbons (Fsp3) is 0.524. The number of carbonyl (C=O) groups excluding carboxylic acids is 2. The van der Waals surface area contributed by atoms with E-state index in [1.165, 1.54) is 16.2 Å². The maximum Gasteiger partial charge on any atom is 0.410 e. The van der Waals surface area contributed by atoms with Crippen LogP contribution in [0.2, 0.25) is 0 Å². The van der Waals surface area contributed by atoms with E-state index >= 15 is 0 Å². The van der Waals surface area contributed by atoms with Crippen LogP contribution < -0.4 is 10.6 Å². The number of β-amino-alcohol motifs (C(OH)–C–C–N with tert-alkyl or cyclic N) is 1. The van der Waals surface area contributed by atoms with Crippen molar-refractivity contribution in [2.24, 2.45) is 0 Å². The molecule has 1 saturated heterocycles. The van der Waals surface area contributed by atoms with E-state index in [1.54, 1.807) is 20.8 Å². The summed E-state index contributed by atoms with van der Waals surface area (Å²) >= 11 is 1.30. The molecule has 1 aliphatic heterocycles. The molecule has 2 aromatic rings. The first-order chi connectivity index (χ1) is 14.4. The van der Waals surface area contributed by atoms with Crippen LogP contribution in [0.1, 0.15) is 45.2 Å². The maximum absolute atomic E-state index is 12.2. The summed E-state index contributed by atoms with van der Waals surface area (Å²) in [6.45, 7) is 9.63. The number of likely N-dealkylation sites (tertiary alicyclic amines) is 1. The highest BCUT2D eigenvalue weighted by molar-refractivity contribution is 7.15. The van der Waals surface area contributed by atoms with Crippen molar-refractivity contribution in [2.45, 2.75) is 51.2 Å². The molecular formula is C21H29N5O4S. The van der Waals surface area contributed by atoms with E-state index < -0.39 is 23.3 Å². The Bertz CT molecular complexity index is 933. The van der Waals surface area contributed by atoms with Crippen molar-refractivity contribution >= 4 is 28.6 Å². The Morgan fingerprint density at radius 3 is 2.42 bits per heavy atom. The number of hydrogen-bond donors (Lipinski definition) is 3. The summed E-state index contributed by atoms with van der Waals surface area (Å²) in [6.07, 6.45) is -0.482. The van der Waals surface area contributed by atoms with Gasteiger partial charge in [-0.05, 0) is 40.2 Å². The van der Waals surface area contributed by atoms with Gasteiger partial charge in [0.15, 0.2) is 0 Å². The first kappa shape index (κ1) is 23.0. The van der Waals surface area contributed by atoms with Crippen LogP contribution in [-0.4, -0.2) is 63.2 Å². The van der Waals surface area contributed by atoms with Gasteiger partial charge in [-0.15, -0.1) is 10.2 Å². The van der Waals surface area contributed by atoms with E-state index in [-0.39, 0.29) is 25.0 Å². The van der Waals surface area contributed by atoms with Crippen LogP contribution in [0, 0.1) is 0 Å². The second kappa shape index (κ2) is 8.43. The third-order valence-electron chi connectivity index (χ3n) is 4.88. The SMILES string of the molecule is CC(C)(C)OC(=O)N1CC(O)(CNC(=O)Nc2nnc(C(C)(C)c3ccccc3)s2)C1. The summed E-state index contributed by atoms with van der Waals surface area (Å²) in [5.41, 5.74) is -1.03. The second-order valence-corrected chi connectivity index (χ2v) is 10.2. The number of rotatable bonds is 5. The van der Waals surface area contributed by atoms with Gasteiger partial charge in [-0.25, -0.2) is 9.59 Å². The lowest BCUT2D eigenvalue weighted by Gasteiger charge is -2.46. The van der Waals surface area contributed by atoms with Crippen molar-refractivity contribution in [1.82, 2.24) is 20.4 Å². The molecule has 1 aromatic carbocycles. The third kappa shape index (κ3) is 5.71. The van der Waals surface area contributed by atoms with E-state index in [0.29, 0.717) is 5.13 Å². The summed E-state index contributed by atoms with van der Waals surface area (Å²) in [4.78, 5) is 25.6. The summed E-state index contributed by atoms with van der Waals surface area (Å²) < 4.78 is 5.26. The zero-order valence-electron chi connectivity index (χ0n) is 18.4. The maximum atomic E-state index is 12.2. The molecule has 0 saturated carbocycles. The van der Waals surface area contributed by atoms with E-state index in [4.69, 9.17) is 4.74 Å². The predicted molar refractivity (Wildman–Crippen MR) is 118 cm³/mol. The van der Waals surface area contributed by atoms with Gasteiger partial charge in [-0.1, -0.05) is 41.7 Å². The average molecular weight is 448 g/mol. The molecule has 1 aliphatic rings. The largest absolute Gasteiger partial charge is 0.444 e. The minimum absolute atomic E-state index is 0.000694. The summed E-state index contributed by atoms with van der Waals surface area (Å²) in [5, 5.41) is 25.2. The third-order valence-corrected chi connectivity index (χ3v) is 6.04. The number of urea groups is 1. The van der Waals surface area contributed by atoms with Crippen LogP contribution in [0.4, 0.5) is 14.7 Å². The van der Waals surface area contributed by atoms with Crippen LogP contribution in [0.5, 0.6) is 0 Å². The Morgan fingerprint density at radius 1 is 1.16 bits per heavy atom. The molecule has 2 heterocycles. The van der Waals surface area contributed by atoms with Crippen molar-refractivity contribution < 1.29 is 19.4 Å². The van der Waals surface area contributed by atoms with Crippen LogP contribution in [0.25, 0.3) is 0 Å². The van der Waals surface area contributed by atoms with Gasteiger partial charge in [-0.3, -0.25) is 5.32 Å². The van der Waals surface area contributed by atoms with Crippen molar-refractivity contribution in [3.05, 3.63) is 40.9 Å². The molecule has 3 amide bonds. The van der Waals surface area contributed by atoms with Crippen LogP contribution in [0.3, 0.4) is 0 Å². The number of aromatic nitrogens is 2. The summed E-state index contributed by atoms with van der Waals surface area (Å²) in [7, 11) is 0. The molecule has 168 valence electrons. The summed E-state index contributed by atoms with van der Waals surface area (Å²) in [6, 6.07) is 9.46. The number of carbonyl (C=O) groups is 2. The van der Waals surface area contributed by atoms with Crippen LogP contribution >= 0.6 is 11.3 Å². The number of anilines is 1. The quantitative estimate of drug-likeness (QED) is 0.649. The Kier molecular flexibility index (Phi) is 6.24. The van der Waals surface area contributed by atoms with Gasteiger partial charge in [-0.2, -0.15) is 0 Å². The monoisotopic (exact) mass is 447 g/mol. The van der Waals surface area contributed by atoms with E-state index in [9.17, 15) is 14.7 Å². The number of benzene rings is 1. The second-order valence-electron chi connectivity index (χ2n) is 9.27. The fourth-order valence-electron chi connectivity index (χ4n) is 3.12. The number of aliphatic hydroxyl groups is 1. The first-order valence-corrected chi connectivity index (χ1v) is 10.8. The molecule has 9 nitrogen and oxygen atoms in total. The van der Waals surface area contributed by atoms with Gasteiger partial charge in [0, 0.05) is 5.41 Å². The number of nitrogens with zero attached hydrogens (tertiary/aromatic N) is 3. The van der Waals surface area contributed by atoms with Gasteiger partial charge < -0.3 is 20.1 Å². The minimum Gasteiger partial charge on any atom is -0.444 e. The van der Waals surface area contributed by atoms with Gasteiger partial charge >= 0.3 is 12.1 Å². The van der Waals surface area contributed by atoms with Gasteiger partial charge in [0.25, 0.3) is 0 Å². The highest BCUT2D eigenvalue weighted by Crippen LogP contribution is 2.34. The van der Waals surface area contributed by atoms with Gasteiger partial charge in [0.2, 0.25) is 5.13 Å². The standard InChI is InChI=1S/C21H29N5O4S/c1-19(2,3)30-18(28)26-12-21(29,13-26)11-22-16(27)23-17-25-24-15(31-17)20(4,5)14-9-7-6-8-10-14/h6-10,29H,11-13H2,1-5H3,(H2,22,23,25,27). The average Bonchev–Trinajstić information content (AvgIpc) is 3.12. The molecule has 1 aromatic heterocycles. The normalized spacial score (nSPS) is 15.7. The Hall–Kier alpha value is -2.72. The molecule has 0 unspecified atom stereocenters. The Labute approximate surface area is 185 Å². The topological polar surface area (TPSA) is 117 Å². The lowest BCUT2D eigenvalue weighted by atomic mass is 9.85. The Morgan fingerprint density at radius 2 is 1.81 bits per heavy atom. The summed E-state index contributed by atoms with van der Waals surface area (Å²) in [5.74, 6) is 0. The zero-order chi connectivity index (χ0) is 22.9. The molecule has 0 radical (unpaired) electrons. The number of amides is 3. The number of nitrogens with one attached hydrogen (secondary N) is 2. The first-order valence-electron chi connectivity index (χ1n) is 10.0. The number of ether oxygens (including phenoxy) is 1. The molecule has 1 fully saturated rings. The molecule has 0 bridgehead atoms. The Balaban J connectivity index is 1.49. The molecule has 0 aliphatic carbocycles. The highest BCUT2D eigenvalue weighted by atomic mass is 32.1. The lowest BCUT2D eigenvalue weighted by Crippen LogP contribution is -2.68. The smallest absolute Gasteiger partial charge is 0.410 e. The number of hydrogen-bond acceptors (Lipinski definition) is 7. The van der Waals surface area contributed by atoms with Crippen molar-refractivity contribution in [2.75, 3.05) is 25.0 Å². The molecule has 31 heavy (non-hydrogen) atoms. The molecular weight excluding hydrogens is 418 g/mol. The van der Waals surface area contributed by atoms with E-state index in [0.717, 1.165) is 10.6 Å². The molecule has 3 rings (SSSR count). The van der Waals surface area contributed by atoms with E-state index in [2.05, 4.69) is 34.7 Å². The molecule has 3 N–H and O–H groups in total. The predicted octanol–water partition coefficient (Wildman–Crippen LogP) is 2.97. The highest BCUT2D eigenvalue weighted by Gasteiger charge is 2.45. The van der Waals surface area contributed by atoms with Crippen molar-refractivity contribution in [1.29, 1.82) is 0 Å². The van der Waals surface area contributed by atoms with Crippen molar-refractivity contribution in [3.8, 4) is 0 Å². The lowest BCUT2D eigenvalue weighted by molar-refractivity contribution is -0.0944. The molecule has 10 heteroatoms. The van der Waals surface area contributed by atoms with Gasteiger partial charge in [0.1, 0.15) is 16.2 Å².